The van der Waals surface area contributed by atoms with E-state index in [1.165, 1.54) is 0 Å². The number of nitrogens with one attached hydrogen (secondary N) is 1. The Balaban J connectivity index is 1.54. The average molecular weight is 407 g/mol. The molecule has 1 atom stereocenters. The van der Waals surface area contributed by atoms with Gasteiger partial charge in [-0.05, 0) is 43.2 Å². The number of amides is 2. The van der Waals surface area contributed by atoms with Crippen molar-refractivity contribution in [1.82, 2.24) is 5.32 Å². The topological polar surface area (TPSA) is 58.6 Å². The standard InChI is InChI=1S/C20H20Cl2N2O3/c1-13(27-17-5-2-4-16(21)19(17)22)20(26)23-12-14-7-9-15(10-8-14)24-11-3-6-18(24)25/h2,4-5,7-10,13H,3,6,11-12H2,1H3,(H,23,26). The molecule has 7 heteroatoms. The van der Waals surface area contributed by atoms with Gasteiger partial charge < -0.3 is 15.0 Å². The number of benzene rings is 2. The van der Waals surface area contributed by atoms with Crippen molar-refractivity contribution < 1.29 is 14.3 Å². The van der Waals surface area contributed by atoms with E-state index in [0.717, 1.165) is 24.2 Å². The summed E-state index contributed by atoms with van der Waals surface area (Å²) >= 11 is 12.0. The molecule has 142 valence electrons. The van der Waals surface area contributed by atoms with E-state index < -0.39 is 6.10 Å². The lowest BCUT2D eigenvalue weighted by Crippen LogP contribution is -2.36. The summed E-state index contributed by atoms with van der Waals surface area (Å²) in [5.74, 6) is 0.262. The minimum absolute atomic E-state index is 0.154. The van der Waals surface area contributed by atoms with Crippen LogP contribution >= 0.6 is 23.2 Å². The lowest BCUT2D eigenvalue weighted by molar-refractivity contribution is -0.127. The van der Waals surface area contributed by atoms with Crippen molar-refractivity contribution in [3.63, 3.8) is 0 Å². The SMILES string of the molecule is CC(Oc1cccc(Cl)c1Cl)C(=O)NCc1ccc(N2CCCC2=O)cc1. The lowest BCUT2D eigenvalue weighted by Gasteiger charge is -2.17. The summed E-state index contributed by atoms with van der Waals surface area (Å²) in [6, 6.07) is 12.6. The van der Waals surface area contributed by atoms with Crippen molar-refractivity contribution >= 4 is 40.7 Å². The van der Waals surface area contributed by atoms with Gasteiger partial charge in [0.15, 0.2) is 6.10 Å². The van der Waals surface area contributed by atoms with Crippen LogP contribution in [0.5, 0.6) is 5.75 Å². The van der Waals surface area contributed by atoms with E-state index in [1.54, 1.807) is 30.0 Å². The molecule has 2 aromatic rings. The maximum Gasteiger partial charge on any atom is 0.261 e. The van der Waals surface area contributed by atoms with Gasteiger partial charge >= 0.3 is 0 Å². The van der Waals surface area contributed by atoms with E-state index in [2.05, 4.69) is 5.32 Å². The second-order valence-electron chi connectivity index (χ2n) is 6.35. The Labute approximate surface area is 168 Å². The molecule has 1 heterocycles. The Morgan fingerprint density at radius 2 is 1.96 bits per heavy atom. The normalized spacial score (nSPS) is 14.9. The van der Waals surface area contributed by atoms with Gasteiger partial charge in [0.1, 0.15) is 10.8 Å². The van der Waals surface area contributed by atoms with Gasteiger partial charge in [-0.1, -0.05) is 41.4 Å². The van der Waals surface area contributed by atoms with Crippen LogP contribution in [0.3, 0.4) is 0 Å². The molecule has 5 nitrogen and oxygen atoms in total. The molecule has 1 unspecified atom stereocenters. The van der Waals surface area contributed by atoms with Gasteiger partial charge in [-0.3, -0.25) is 9.59 Å². The molecule has 2 aromatic carbocycles. The van der Waals surface area contributed by atoms with Gasteiger partial charge in [-0.25, -0.2) is 0 Å². The Morgan fingerprint density at radius 1 is 1.22 bits per heavy atom. The number of carbonyl (C=O) groups is 2. The predicted octanol–water partition coefficient (Wildman–Crippen LogP) is 4.20. The zero-order valence-electron chi connectivity index (χ0n) is 14.9. The molecule has 1 aliphatic heterocycles. The first-order valence-electron chi connectivity index (χ1n) is 8.73. The maximum absolute atomic E-state index is 12.3. The molecule has 2 amide bonds. The van der Waals surface area contributed by atoms with E-state index in [0.29, 0.717) is 23.7 Å². The van der Waals surface area contributed by atoms with E-state index in [-0.39, 0.29) is 16.8 Å². The minimum Gasteiger partial charge on any atom is -0.479 e. The Morgan fingerprint density at radius 3 is 2.63 bits per heavy atom. The largest absolute Gasteiger partial charge is 0.479 e. The molecule has 0 saturated carbocycles. The molecule has 0 bridgehead atoms. The number of hydrogen-bond acceptors (Lipinski definition) is 3. The number of halogens is 2. The Hall–Kier alpha value is -2.24. The molecule has 1 saturated heterocycles. The first kappa shape index (κ1) is 19.5. The van der Waals surface area contributed by atoms with E-state index in [4.69, 9.17) is 27.9 Å². The summed E-state index contributed by atoms with van der Waals surface area (Å²) in [7, 11) is 0. The third-order valence-corrected chi connectivity index (χ3v) is 5.18. The zero-order chi connectivity index (χ0) is 19.4. The van der Waals surface area contributed by atoms with Gasteiger partial charge in [0, 0.05) is 25.2 Å². The smallest absolute Gasteiger partial charge is 0.261 e. The highest BCUT2D eigenvalue weighted by Crippen LogP contribution is 2.32. The summed E-state index contributed by atoms with van der Waals surface area (Å²) in [5, 5.41) is 3.49. The van der Waals surface area contributed by atoms with Crippen LogP contribution in [0.2, 0.25) is 10.0 Å². The van der Waals surface area contributed by atoms with Crippen LogP contribution in [-0.4, -0.2) is 24.5 Å². The van der Waals surface area contributed by atoms with E-state index in [1.807, 2.05) is 24.3 Å². The highest BCUT2D eigenvalue weighted by atomic mass is 35.5. The van der Waals surface area contributed by atoms with Crippen LogP contribution in [-0.2, 0) is 16.1 Å². The Kier molecular flexibility index (Phi) is 6.24. The molecule has 1 fully saturated rings. The van der Waals surface area contributed by atoms with Crippen molar-refractivity contribution in [3.8, 4) is 5.75 Å². The summed E-state index contributed by atoms with van der Waals surface area (Å²) < 4.78 is 5.60. The summed E-state index contributed by atoms with van der Waals surface area (Å²) in [6.07, 6.45) is 0.778. The van der Waals surface area contributed by atoms with Crippen LogP contribution in [0.1, 0.15) is 25.3 Å². The molecule has 0 radical (unpaired) electrons. The first-order valence-corrected chi connectivity index (χ1v) is 9.49. The van der Waals surface area contributed by atoms with Gasteiger partial charge in [0.25, 0.3) is 5.91 Å². The van der Waals surface area contributed by atoms with Crippen molar-refractivity contribution in [1.29, 1.82) is 0 Å². The number of ether oxygens (including phenoxy) is 1. The van der Waals surface area contributed by atoms with E-state index >= 15 is 0 Å². The van der Waals surface area contributed by atoms with E-state index in [9.17, 15) is 9.59 Å². The number of carbonyl (C=O) groups excluding carboxylic acids is 2. The monoisotopic (exact) mass is 406 g/mol. The zero-order valence-corrected chi connectivity index (χ0v) is 16.4. The number of hydrogen-bond donors (Lipinski definition) is 1. The third-order valence-electron chi connectivity index (χ3n) is 4.38. The van der Waals surface area contributed by atoms with Crippen LogP contribution in [0.15, 0.2) is 42.5 Å². The molecular weight excluding hydrogens is 387 g/mol. The summed E-state index contributed by atoms with van der Waals surface area (Å²) in [6.45, 7) is 2.77. The predicted molar refractivity (Wildman–Crippen MR) is 106 cm³/mol. The highest BCUT2D eigenvalue weighted by molar-refractivity contribution is 6.42. The lowest BCUT2D eigenvalue weighted by atomic mass is 10.2. The minimum atomic E-state index is -0.720. The fraction of sp³-hybridized carbons (Fsp3) is 0.300. The molecule has 0 aliphatic carbocycles. The molecule has 1 N–H and O–H groups in total. The fourth-order valence-electron chi connectivity index (χ4n) is 2.87. The molecule has 0 aromatic heterocycles. The van der Waals surface area contributed by atoms with Crippen LogP contribution in [0.25, 0.3) is 0 Å². The van der Waals surface area contributed by atoms with Gasteiger partial charge in [-0.15, -0.1) is 0 Å². The van der Waals surface area contributed by atoms with Crippen LogP contribution in [0, 0.1) is 0 Å². The van der Waals surface area contributed by atoms with Crippen molar-refractivity contribution in [2.24, 2.45) is 0 Å². The first-order chi connectivity index (χ1) is 13.0. The van der Waals surface area contributed by atoms with Crippen LogP contribution < -0.4 is 15.0 Å². The Bertz CT molecular complexity index is 840. The second kappa shape index (κ2) is 8.63. The van der Waals surface area contributed by atoms with Crippen LogP contribution in [0.4, 0.5) is 5.69 Å². The molecule has 27 heavy (non-hydrogen) atoms. The summed E-state index contributed by atoms with van der Waals surface area (Å²) in [5.41, 5.74) is 1.83. The van der Waals surface area contributed by atoms with Gasteiger partial charge in [0.05, 0.1) is 5.02 Å². The molecule has 0 spiro atoms. The second-order valence-corrected chi connectivity index (χ2v) is 7.13. The van der Waals surface area contributed by atoms with Crippen molar-refractivity contribution in [2.45, 2.75) is 32.4 Å². The molecular formula is C20H20Cl2N2O3. The van der Waals surface area contributed by atoms with Crippen molar-refractivity contribution in [2.75, 3.05) is 11.4 Å². The quantitative estimate of drug-likeness (QED) is 0.781. The molecule has 1 aliphatic rings. The number of anilines is 1. The van der Waals surface area contributed by atoms with Gasteiger partial charge in [-0.2, -0.15) is 0 Å². The summed E-state index contributed by atoms with van der Waals surface area (Å²) in [4.78, 5) is 25.8. The number of rotatable bonds is 6. The molecule has 3 rings (SSSR count). The van der Waals surface area contributed by atoms with Crippen molar-refractivity contribution in [3.05, 3.63) is 58.1 Å². The number of nitrogens with zero attached hydrogens (tertiary/aromatic N) is 1. The van der Waals surface area contributed by atoms with Gasteiger partial charge in [0.2, 0.25) is 5.91 Å². The fourth-order valence-corrected chi connectivity index (χ4v) is 3.20. The maximum atomic E-state index is 12.3. The highest BCUT2D eigenvalue weighted by Gasteiger charge is 2.21. The third kappa shape index (κ3) is 4.73. The average Bonchev–Trinajstić information content (AvgIpc) is 3.09.